The molecular weight excluding hydrogens is 230 g/mol. The second-order valence-corrected chi connectivity index (χ2v) is 6.10. The van der Waals surface area contributed by atoms with E-state index < -0.39 is 0 Å². The zero-order valence-electron chi connectivity index (χ0n) is 10.6. The molecule has 1 aromatic rings. The molecule has 1 aromatic heterocycles. The van der Waals surface area contributed by atoms with Gasteiger partial charge in [-0.25, -0.2) is 4.98 Å². The van der Waals surface area contributed by atoms with Gasteiger partial charge in [-0.05, 0) is 19.8 Å². The maximum Gasteiger partial charge on any atom is 0.126 e. The van der Waals surface area contributed by atoms with Crippen molar-refractivity contribution >= 4 is 11.8 Å². The van der Waals surface area contributed by atoms with E-state index in [4.69, 9.17) is 5.73 Å². The highest BCUT2D eigenvalue weighted by Gasteiger charge is 2.17. The summed E-state index contributed by atoms with van der Waals surface area (Å²) in [6.45, 7) is 3.09. The Morgan fingerprint density at radius 3 is 2.94 bits per heavy atom. The Bertz CT molecular complexity index is 331. The van der Waals surface area contributed by atoms with Crippen molar-refractivity contribution in [1.82, 2.24) is 9.55 Å². The molecule has 96 valence electrons. The standard InChI is InChI=1S/C13H23N3S/c1-2-16-9-8-15-13(16)12(14)10-17-11-6-4-3-5-7-11/h8-9,11-12H,2-7,10,14H2,1H3. The average molecular weight is 253 g/mol. The van der Waals surface area contributed by atoms with Crippen LogP contribution in [0.4, 0.5) is 0 Å². The normalized spacial score (nSPS) is 19.4. The summed E-state index contributed by atoms with van der Waals surface area (Å²) in [5.41, 5.74) is 6.23. The van der Waals surface area contributed by atoms with E-state index >= 15 is 0 Å². The summed E-state index contributed by atoms with van der Waals surface area (Å²) in [4.78, 5) is 4.38. The Labute approximate surface area is 108 Å². The zero-order chi connectivity index (χ0) is 12.1. The van der Waals surface area contributed by atoms with Crippen LogP contribution >= 0.6 is 11.8 Å². The molecule has 1 aliphatic carbocycles. The molecule has 1 heterocycles. The van der Waals surface area contributed by atoms with Crippen LogP contribution in [-0.2, 0) is 6.54 Å². The fraction of sp³-hybridized carbons (Fsp3) is 0.769. The lowest BCUT2D eigenvalue weighted by atomic mass is 10.0. The number of rotatable bonds is 5. The Kier molecular flexibility index (Phi) is 4.92. The highest BCUT2D eigenvalue weighted by Crippen LogP contribution is 2.30. The van der Waals surface area contributed by atoms with Gasteiger partial charge in [0.15, 0.2) is 0 Å². The summed E-state index contributed by atoms with van der Waals surface area (Å²) in [6, 6.07) is 0.0804. The number of aromatic nitrogens is 2. The predicted octanol–water partition coefficient (Wildman–Crippen LogP) is 2.97. The van der Waals surface area contributed by atoms with Gasteiger partial charge < -0.3 is 10.3 Å². The van der Waals surface area contributed by atoms with Crippen molar-refractivity contribution in [2.75, 3.05) is 5.75 Å². The fourth-order valence-corrected chi connectivity index (χ4v) is 3.76. The number of imidazole rings is 1. The van der Waals surface area contributed by atoms with Crippen LogP contribution in [0.2, 0.25) is 0 Å². The maximum absolute atomic E-state index is 6.23. The largest absolute Gasteiger partial charge is 0.334 e. The fourth-order valence-electron chi connectivity index (χ4n) is 2.46. The number of thioether (sulfide) groups is 1. The summed E-state index contributed by atoms with van der Waals surface area (Å²) >= 11 is 2.04. The Morgan fingerprint density at radius 2 is 2.24 bits per heavy atom. The number of aryl methyl sites for hydroxylation is 1. The second kappa shape index (κ2) is 6.45. The van der Waals surface area contributed by atoms with Crippen LogP contribution in [0.1, 0.15) is 50.9 Å². The first-order chi connectivity index (χ1) is 8.31. The molecule has 0 bridgehead atoms. The maximum atomic E-state index is 6.23. The van der Waals surface area contributed by atoms with Crippen molar-refractivity contribution in [3.63, 3.8) is 0 Å². The van der Waals surface area contributed by atoms with Crippen LogP contribution in [0.3, 0.4) is 0 Å². The van der Waals surface area contributed by atoms with Crippen molar-refractivity contribution in [3.05, 3.63) is 18.2 Å². The molecule has 0 amide bonds. The third-order valence-electron chi connectivity index (χ3n) is 3.48. The van der Waals surface area contributed by atoms with Crippen LogP contribution in [0, 0.1) is 0 Å². The van der Waals surface area contributed by atoms with Gasteiger partial charge in [0.1, 0.15) is 5.82 Å². The topological polar surface area (TPSA) is 43.8 Å². The van der Waals surface area contributed by atoms with Crippen LogP contribution < -0.4 is 5.73 Å². The lowest BCUT2D eigenvalue weighted by molar-refractivity contribution is 0.515. The average Bonchev–Trinajstić information content (AvgIpc) is 2.85. The SMILES string of the molecule is CCn1ccnc1C(N)CSC1CCCCC1. The van der Waals surface area contributed by atoms with Gasteiger partial charge >= 0.3 is 0 Å². The molecule has 2 N–H and O–H groups in total. The van der Waals surface area contributed by atoms with E-state index in [9.17, 15) is 0 Å². The number of hydrogen-bond acceptors (Lipinski definition) is 3. The first kappa shape index (κ1) is 13.0. The van der Waals surface area contributed by atoms with Gasteiger partial charge in [-0.1, -0.05) is 19.3 Å². The third kappa shape index (κ3) is 3.49. The summed E-state index contributed by atoms with van der Waals surface area (Å²) in [7, 11) is 0. The summed E-state index contributed by atoms with van der Waals surface area (Å²) in [6.07, 6.45) is 10.8. The van der Waals surface area contributed by atoms with Gasteiger partial charge in [-0.15, -0.1) is 0 Å². The lowest BCUT2D eigenvalue weighted by Gasteiger charge is -2.22. The zero-order valence-corrected chi connectivity index (χ0v) is 11.5. The van der Waals surface area contributed by atoms with Crippen molar-refractivity contribution in [2.24, 2.45) is 5.73 Å². The molecule has 1 fully saturated rings. The van der Waals surface area contributed by atoms with Crippen LogP contribution in [0.25, 0.3) is 0 Å². The molecule has 0 aliphatic heterocycles. The van der Waals surface area contributed by atoms with Crippen molar-refractivity contribution < 1.29 is 0 Å². The molecule has 1 aliphatic rings. The third-order valence-corrected chi connectivity index (χ3v) is 4.98. The van der Waals surface area contributed by atoms with E-state index in [-0.39, 0.29) is 6.04 Å². The molecule has 0 aromatic carbocycles. The van der Waals surface area contributed by atoms with Gasteiger partial charge in [0, 0.05) is 29.9 Å². The van der Waals surface area contributed by atoms with Gasteiger partial charge in [0.25, 0.3) is 0 Å². The Hall–Kier alpha value is -0.480. The van der Waals surface area contributed by atoms with Crippen molar-refractivity contribution in [1.29, 1.82) is 0 Å². The van der Waals surface area contributed by atoms with Gasteiger partial charge in [-0.2, -0.15) is 11.8 Å². The molecule has 0 spiro atoms. The van der Waals surface area contributed by atoms with E-state index in [0.717, 1.165) is 23.4 Å². The molecule has 2 rings (SSSR count). The predicted molar refractivity (Wildman–Crippen MR) is 74.2 cm³/mol. The van der Waals surface area contributed by atoms with E-state index in [1.807, 2.05) is 24.2 Å². The highest BCUT2D eigenvalue weighted by molar-refractivity contribution is 7.99. The summed E-state index contributed by atoms with van der Waals surface area (Å²) in [5, 5.41) is 0.833. The smallest absolute Gasteiger partial charge is 0.126 e. The Morgan fingerprint density at radius 1 is 1.47 bits per heavy atom. The molecule has 17 heavy (non-hydrogen) atoms. The molecular formula is C13H23N3S. The molecule has 1 saturated carbocycles. The van der Waals surface area contributed by atoms with Gasteiger partial charge in [-0.3, -0.25) is 0 Å². The monoisotopic (exact) mass is 253 g/mol. The van der Waals surface area contributed by atoms with Gasteiger partial charge in [0.05, 0.1) is 6.04 Å². The van der Waals surface area contributed by atoms with Gasteiger partial charge in [0.2, 0.25) is 0 Å². The van der Waals surface area contributed by atoms with Crippen molar-refractivity contribution in [3.8, 4) is 0 Å². The molecule has 1 unspecified atom stereocenters. The van der Waals surface area contributed by atoms with Crippen molar-refractivity contribution in [2.45, 2.75) is 56.9 Å². The Balaban J connectivity index is 1.82. The second-order valence-electron chi connectivity index (χ2n) is 4.77. The van der Waals surface area contributed by atoms with E-state index in [1.165, 1.54) is 32.1 Å². The molecule has 3 nitrogen and oxygen atoms in total. The van der Waals surface area contributed by atoms with Crippen LogP contribution in [0.5, 0.6) is 0 Å². The minimum absolute atomic E-state index is 0.0804. The molecule has 1 atom stereocenters. The molecule has 4 heteroatoms. The summed E-state index contributed by atoms with van der Waals surface area (Å²) in [5.74, 6) is 2.04. The first-order valence-electron chi connectivity index (χ1n) is 6.69. The quantitative estimate of drug-likeness (QED) is 0.877. The van der Waals surface area contributed by atoms with Crippen LogP contribution in [-0.4, -0.2) is 20.6 Å². The number of hydrogen-bond donors (Lipinski definition) is 1. The minimum Gasteiger partial charge on any atom is -0.334 e. The first-order valence-corrected chi connectivity index (χ1v) is 7.74. The number of nitrogens with zero attached hydrogens (tertiary/aromatic N) is 2. The van der Waals surface area contributed by atoms with Crippen LogP contribution in [0.15, 0.2) is 12.4 Å². The van der Waals surface area contributed by atoms with E-state index in [0.29, 0.717) is 0 Å². The number of nitrogens with two attached hydrogens (primary N) is 1. The van der Waals surface area contributed by atoms with E-state index in [1.54, 1.807) is 0 Å². The molecule has 0 radical (unpaired) electrons. The minimum atomic E-state index is 0.0804. The lowest BCUT2D eigenvalue weighted by Crippen LogP contribution is -2.20. The highest BCUT2D eigenvalue weighted by atomic mass is 32.2. The summed E-state index contributed by atoms with van der Waals surface area (Å²) < 4.78 is 2.14. The molecule has 0 saturated heterocycles. The van der Waals surface area contributed by atoms with E-state index in [2.05, 4.69) is 16.5 Å².